The summed E-state index contributed by atoms with van der Waals surface area (Å²) in [5.74, 6) is -0.908. The van der Waals surface area contributed by atoms with Crippen LogP contribution in [0.5, 0.6) is 0 Å². The maximum absolute atomic E-state index is 11.2. The largest absolute Gasteiger partial charge is 0.480 e. The number of aromatic amines is 1. The monoisotopic (exact) mass is 345 g/mol. The van der Waals surface area contributed by atoms with Gasteiger partial charge in [-0.15, -0.1) is 0 Å². The van der Waals surface area contributed by atoms with Crippen LogP contribution in [0.2, 0.25) is 0 Å². The molecule has 0 aliphatic rings. The van der Waals surface area contributed by atoms with Gasteiger partial charge in [-0.05, 0) is 0 Å². The van der Waals surface area contributed by atoms with Crippen LogP contribution in [0.15, 0.2) is 12.5 Å². The number of carbonyl (C=O) groups is 1. The number of hydrogen-bond donors (Lipinski definition) is 3. The Morgan fingerprint density at radius 1 is 1.17 bits per heavy atom. The first kappa shape index (κ1) is 20.5. The van der Waals surface area contributed by atoms with E-state index in [0.29, 0.717) is 64.9 Å². The van der Waals surface area contributed by atoms with Crippen molar-refractivity contribution in [2.45, 2.75) is 12.5 Å². The predicted molar refractivity (Wildman–Crippen MR) is 86.1 cm³/mol. The summed E-state index contributed by atoms with van der Waals surface area (Å²) in [4.78, 5) is 18.0. The number of carboxylic acids is 1. The molecule has 0 aliphatic carbocycles. The lowest BCUT2D eigenvalue weighted by Crippen LogP contribution is -2.40. The van der Waals surface area contributed by atoms with Crippen LogP contribution < -0.4 is 5.32 Å². The molecule has 0 bridgehead atoms. The zero-order valence-electron chi connectivity index (χ0n) is 14.0. The van der Waals surface area contributed by atoms with Gasteiger partial charge in [-0.1, -0.05) is 0 Å². The maximum atomic E-state index is 11.2. The van der Waals surface area contributed by atoms with Crippen molar-refractivity contribution in [1.29, 1.82) is 0 Å². The van der Waals surface area contributed by atoms with E-state index in [1.807, 2.05) is 0 Å². The lowest BCUT2D eigenvalue weighted by atomic mass is 10.1. The zero-order chi connectivity index (χ0) is 17.5. The molecule has 0 aromatic carbocycles. The Kier molecular flexibility index (Phi) is 11.9. The predicted octanol–water partition coefficient (Wildman–Crippen LogP) is -0.309. The fourth-order valence-corrected chi connectivity index (χ4v) is 1.85. The quantitative estimate of drug-likeness (QED) is 0.350. The number of nitrogens with zero attached hydrogens (tertiary/aromatic N) is 1. The molecule has 1 aromatic rings. The normalized spacial score (nSPS) is 12.4. The van der Waals surface area contributed by atoms with E-state index in [-0.39, 0.29) is 0 Å². The van der Waals surface area contributed by atoms with Crippen LogP contribution in [0, 0.1) is 0 Å². The minimum Gasteiger partial charge on any atom is -0.480 e. The molecule has 0 fully saturated rings. The van der Waals surface area contributed by atoms with Gasteiger partial charge in [-0.2, -0.15) is 0 Å². The second-order valence-electron chi connectivity index (χ2n) is 4.94. The molecule has 3 N–H and O–H groups in total. The van der Waals surface area contributed by atoms with Crippen molar-refractivity contribution in [3.05, 3.63) is 18.2 Å². The maximum Gasteiger partial charge on any atom is 0.321 e. The molecule has 1 heterocycles. The van der Waals surface area contributed by atoms with Crippen molar-refractivity contribution in [3.8, 4) is 0 Å². The molecular formula is C15H27N3O6. The third-order valence-corrected chi connectivity index (χ3v) is 3.08. The number of aromatic nitrogens is 2. The highest BCUT2D eigenvalue weighted by molar-refractivity contribution is 5.73. The summed E-state index contributed by atoms with van der Waals surface area (Å²) in [5, 5.41) is 12.1. The van der Waals surface area contributed by atoms with Crippen molar-refractivity contribution in [1.82, 2.24) is 15.3 Å². The summed E-state index contributed by atoms with van der Waals surface area (Å²) in [5.41, 5.74) is 0.705. The standard InChI is InChI=1S/C15H27N3O6/c1-21-4-5-23-8-9-24-7-6-22-3-2-17-14(15(19)20)10-13-11-16-12-18-13/h11-12,14,17H,2-10H2,1H3,(H,16,18)(H,19,20)/t14-/m0/s1. The summed E-state index contributed by atoms with van der Waals surface area (Å²) < 4.78 is 20.8. The van der Waals surface area contributed by atoms with Gasteiger partial charge in [0.2, 0.25) is 0 Å². The third-order valence-electron chi connectivity index (χ3n) is 3.08. The first-order chi connectivity index (χ1) is 11.7. The first-order valence-electron chi connectivity index (χ1n) is 7.90. The molecule has 0 radical (unpaired) electrons. The van der Waals surface area contributed by atoms with Gasteiger partial charge < -0.3 is 34.4 Å². The SMILES string of the molecule is COCCOCCOCCOCCN[C@@H](Cc1c[nH]cn1)C(=O)O. The fourth-order valence-electron chi connectivity index (χ4n) is 1.85. The van der Waals surface area contributed by atoms with E-state index in [9.17, 15) is 4.79 Å². The van der Waals surface area contributed by atoms with Crippen molar-refractivity contribution < 1.29 is 28.8 Å². The number of carboxylic acid groups (broad SMARTS) is 1. The van der Waals surface area contributed by atoms with Crippen molar-refractivity contribution >= 4 is 5.97 Å². The second-order valence-corrected chi connectivity index (χ2v) is 4.94. The molecule has 1 rings (SSSR count). The summed E-state index contributed by atoms with van der Waals surface area (Å²) in [7, 11) is 1.63. The number of imidazole rings is 1. The Morgan fingerprint density at radius 2 is 1.79 bits per heavy atom. The number of hydrogen-bond acceptors (Lipinski definition) is 7. The number of rotatable bonds is 16. The summed E-state index contributed by atoms with van der Waals surface area (Å²) >= 11 is 0. The molecule has 0 saturated carbocycles. The molecule has 9 heteroatoms. The molecule has 1 atom stereocenters. The van der Waals surface area contributed by atoms with Crippen molar-refractivity contribution in [3.63, 3.8) is 0 Å². The Hall–Kier alpha value is -1.52. The smallest absolute Gasteiger partial charge is 0.321 e. The lowest BCUT2D eigenvalue weighted by molar-refractivity contribution is -0.139. The van der Waals surface area contributed by atoms with E-state index in [4.69, 9.17) is 24.1 Å². The van der Waals surface area contributed by atoms with Gasteiger partial charge >= 0.3 is 5.97 Å². The van der Waals surface area contributed by atoms with Crippen LogP contribution in [0.4, 0.5) is 0 Å². The average Bonchev–Trinajstić information content (AvgIpc) is 3.07. The Labute approximate surface area is 141 Å². The van der Waals surface area contributed by atoms with E-state index in [1.54, 1.807) is 13.3 Å². The zero-order valence-corrected chi connectivity index (χ0v) is 14.0. The van der Waals surface area contributed by atoms with Crippen molar-refractivity contribution in [2.75, 3.05) is 59.9 Å². The molecule has 1 aromatic heterocycles. The van der Waals surface area contributed by atoms with Crippen LogP contribution >= 0.6 is 0 Å². The third kappa shape index (κ3) is 10.3. The van der Waals surface area contributed by atoms with E-state index < -0.39 is 12.0 Å². The fraction of sp³-hybridized carbons (Fsp3) is 0.733. The van der Waals surface area contributed by atoms with Crippen LogP contribution in [-0.2, 0) is 30.2 Å². The van der Waals surface area contributed by atoms with Gasteiger partial charge in [-0.3, -0.25) is 4.79 Å². The van der Waals surface area contributed by atoms with E-state index in [0.717, 1.165) is 0 Å². The molecule has 0 unspecified atom stereocenters. The molecule has 0 saturated heterocycles. The highest BCUT2D eigenvalue weighted by Crippen LogP contribution is 1.98. The van der Waals surface area contributed by atoms with Crippen LogP contribution in [0.3, 0.4) is 0 Å². The Balaban J connectivity index is 1.93. The van der Waals surface area contributed by atoms with Crippen LogP contribution in [0.25, 0.3) is 0 Å². The van der Waals surface area contributed by atoms with Gasteiger partial charge in [0.05, 0.1) is 58.3 Å². The summed E-state index contributed by atoms with van der Waals surface area (Å²) in [6.07, 6.45) is 3.54. The molecular weight excluding hydrogens is 318 g/mol. The number of aliphatic carboxylic acids is 1. The summed E-state index contributed by atoms with van der Waals surface area (Å²) in [6.45, 7) is 3.97. The minimum absolute atomic E-state index is 0.324. The van der Waals surface area contributed by atoms with Gasteiger partial charge in [0, 0.05) is 26.3 Å². The number of methoxy groups -OCH3 is 1. The van der Waals surface area contributed by atoms with Crippen LogP contribution in [0.1, 0.15) is 5.69 Å². The number of H-pyrrole nitrogens is 1. The highest BCUT2D eigenvalue weighted by atomic mass is 16.6. The lowest BCUT2D eigenvalue weighted by Gasteiger charge is -2.13. The van der Waals surface area contributed by atoms with Gasteiger partial charge in [0.25, 0.3) is 0 Å². The second kappa shape index (κ2) is 13.9. The van der Waals surface area contributed by atoms with Gasteiger partial charge in [0.1, 0.15) is 6.04 Å². The number of nitrogens with one attached hydrogen (secondary N) is 2. The molecule has 0 spiro atoms. The van der Waals surface area contributed by atoms with Gasteiger partial charge in [-0.25, -0.2) is 4.98 Å². The topological polar surface area (TPSA) is 115 Å². The molecule has 0 aliphatic heterocycles. The molecule has 0 amide bonds. The molecule has 24 heavy (non-hydrogen) atoms. The summed E-state index contributed by atoms with van der Waals surface area (Å²) in [6, 6.07) is -0.683. The Bertz CT molecular complexity index is 415. The number of ether oxygens (including phenoxy) is 4. The van der Waals surface area contributed by atoms with Crippen molar-refractivity contribution in [2.24, 2.45) is 0 Å². The van der Waals surface area contributed by atoms with E-state index in [1.165, 1.54) is 6.33 Å². The molecule has 138 valence electrons. The first-order valence-corrected chi connectivity index (χ1v) is 7.90. The molecule has 9 nitrogen and oxygen atoms in total. The minimum atomic E-state index is -0.908. The highest BCUT2D eigenvalue weighted by Gasteiger charge is 2.17. The van der Waals surface area contributed by atoms with E-state index >= 15 is 0 Å². The Morgan fingerprint density at radius 3 is 2.33 bits per heavy atom. The van der Waals surface area contributed by atoms with E-state index in [2.05, 4.69) is 15.3 Å². The van der Waals surface area contributed by atoms with Gasteiger partial charge in [0.15, 0.2) is 0 Å². The average molecular weight is 345 g/mol. The van der Waals surface area contributed by atoms with Crippen LogP contribution in [-0.4, -0.2) is 87.0 Å².